The van der Waals surface area contributed by atoms with Crippen LogP contribution >= 0.6 is 0 Å². The van der Waals surface area contributed by atoms with Crippen LogP contribution in [0.25, 0.3) is 11.0 Å². The standard InChI is InChI=1S/C10H10N2O3/c1-12-5-11-7-4-6(2-3-8(7)12)9(13)10(14)15/h2-5,9,13H,1H3,(H,14,15). The van der Waals surface area contributed by atoms with Gasteiger partial charge in [0, 0.05) is 7.05 Å². The first kappa shape index (κ1) is 9.67. The van der Waals surface area contributed by atoms with Crippen molar-refractivity contribution in [1.82, 2.24) is 9.55 Å². The van der Waals surface area contributed by atoms with E-state index in [0.29, 0.717) is 11.1 Å². The number of aliphatic hydroxyl groups is 1. The Morgan fingerprint density at radius 3 is 2.93 bits per heavy atom. The van der Waals surface area contributed by atoms with Crippen LogP contribution in [0.1, 0.15) is 11.7 Å². The van der Waals surface area contributed by atoms with Gasteiger partial charge in [-0.1, -0.05) is 6.07 Å². The minimum atomic E-state index is -1.49. The van der Waals surface area contributed by atoms with Crippen molar-refractivity contribution in [3.63, 3.8) is 0 Å². The van der Waals surface area contributed by atoms with Crippen molar-refractivity contribution in [2.24, 2.45) is 7.05 Å². The van der Waals surface area contributed by atoms with Gasteiger partial charge in [0.25, 0.3) is 0 Å². The van der Waals surface area contributed by atoms with Crippen molar-refractivity contribution in [1.29, 1.82) is 0 Å². The molecule has 0 bridgehead atoms. The van der Waals surface area contributed by atoms with Gasteiger partial charge in [-0.3, -0.25) is 0 Å². The van der Waals surface area contributed by atoms with Crippen molar-refractivity contribution in [3.05, 3.63) is 30.1 Å². The number of aliphatic hydroxyl groups excluding tert-OH is 1. The molecule has 0 fully saturated rings. The van der Waals surface area contributed by atoms with Gasteiger partial charge in [0.1, 0.15) is 0 Å². The zero-order chi connectivity index (χ0) is 11.0. The monoisotopic (exact) mass is 206 g/mol. The van der Waals surface area contributed by atoms with Crippen LogP contribution in [0.2, 0.25) is 0 Å². The molecule has 0 aliphatic rings. The first-order chi connectivity index (χ1) is 7.09. The summed E-state index contributed by atoms with van der Waals surface area (Å²) >= 11 is 0. The summed E-state index contributed by atoms with van der Waals surface area (Å²) in [5.74, 6) is -1.26. The Morgan fingerprint density at radius 1 is 1.53 bits per heavy atom. The average Bonchev–Trinajstić information content (AvgIpc) is 2.59. The normalized spacial score (nSPS) is 12.9. The lowest BCUT2D eigenvalue weighted by atomic mass is 10.1. The molecule has 1 unspecified atom stereocenters. The van der Waals surface area contributed by atoms with Crippen LogP contribution in [-0.2, 0) is 11.8 Å². The van der Waals surface area contributed by atoms with Crippen molar-refractivity contribution >= 4 is 17.0 Å². The molecule has 1 aromatic carbocycles. The molecule has 5 heteroatoms. The van der Waals surface area contributed by atoms with E-state index in [2.05, 4.69) is 4.98 Å². The van der Waals surface area contributed by atoms with E-state index in [4.69, 9.17) is 5.11 Å². The van der Waals surface area contributed by atoms with Crippen molar-refractivity contribution < 1.29 is 15.0 Å². The zero-order valence-corrected chi connectivity index (χ0v) is 8.08. The number of benzene rings is 1. The molecule has 0 radical (unpaired) electrons. The molecule has 2 rings (SSSR count). The molecule has 0 aliphatic carbocycles. The quantitative estimate of drug-likeness (QED) is 0.758. The van der Waals surface area contributed by atoms with E-state index >= 15 is 0 Å². The summed E-state index contributed by atoms with van der Waals surface area (Å²) in [4.78, 5) is 14.6. The number of carboxylic acids is 1. The van der Waals surface area contributed by atoms with Gasteiger partial charge in [0.15, 0.2) is 6.10 Å². The summed E-state index contributed by atoms with van der Waals surface area (Å²) in [6.07, 6.45) is 0.151. The van der Waals surface area contributed by atoms with Crippen LogP contribution in [0.4, 0.5) is 0 Å². The second-order valence-electron chi connectivity index (χ2n) is 3.34. The topological polar surface area (TPSA) is 75.3 Å². The number of nitrogens with zero attached hydrogens (tertiary/aromatic N) is 2. The number of aryl methyl sites for hydroxylation is 1. The molecule has 0 amide bonds. The predicted octanol–water partition coefficient (Wildman–Crippen LogP) is 0.691. The van der Waals surface area contributed by atoms with Crippen molar-refractivity contribution in [3.8, 4) is 0 Å². The Balaban J connectivity index is 2.52. The summed E-state index contributed by atoms with van der Waals surface area (Å²) in [7, 11) is 1.85. The highest BCUT2D eigenvalue weighted by Crippen LogP contribution is 2.19. The molecule has 0 saturated heterocycles. The fraction of sp³-hybridized carbons (Fsp3) is 0.200. The SMILES string of the molecule is Cn1cnc2cc(C(O)C(=O)O)ccc21. The fourth-order valence-electron chi connectivity index (χ4n) is 1.47. The molecular formula is C10H10N2O3. The van der Waals surface area contributed by atoms with E-state index in [-0.39, 0.29) is 0 Å². The molecule has 1 aromatic heterocycles. The molecule has 1 heterocycles. The maximum atomic E-state index is 10.6. The van der Waals surface area contributed by atoms with E-state index in [9.17, 15) is 9.90 Å². The van der Waals surface area contributed by atoms with Crippen LogP contribution in [0.15, 0.2) is 24.5 Å². The lowest BCUT2D eigenvalue weighted by Crippen LogP contribution is -2.10. The average molecular weight is 206 g/mol. The summed E-state index contributed by atoms with van der Waals surface area (Å²) in [5, 5.41) is 18.0. The maximum Gasteiger partial charge on any atom is 0.337 e. The first-order valence-electron chi connectivity index (χ1n) is 4.41. The Kier molecular flexibility index (Phi) is 2.17. The number of rotatable bonds is 2. The summed E-state index contributed by atoms with van der Waals surface area (Å²) in [6.45, 7) is 0. The molecular weight excluding hydrogens is 196 g/mol. The summed E-state index contributed by atoms with van der Waals surface area (Å²) in [5.41, 5.74) is 1.92. The lowest BCUT2D eigenvalue weighted by Gasteiger charge is -2.05. The van der Waals surface area contributed by atoms with E-state index in [0.717, 1.165) is 5.52 Å². The lowest BCUT2D eigenvalue weighted by molar-refractivity contribution is -0.146. The Morgan fingerprint density at radius 2 is 2.27 bits per heavy atom. The molecule has 78 valence electrons. The minimum absolute atomic E-state index is 0.341. The number of fused-ring (bicyclic) bond motifs is 1. The molecule has 1 atom stereocenters. The van der Waals surface area contributed by atoms with Crippen molar-refractivity contribution in [2.45, 2.75) is 6.10 Å². The van der Waals surface area contributed by atoms with Crippen LogP contribution in [0.5, 0.6) is 0 Å². The second kappa shape index (κ2) is 3.36. The van der Waals surface area contributed by atoms with Crippen LogP contribution in [0, 0.1) is 0 Å². The number of aromatic nitrogens is 2. The predicted molar refractivity (Wildman–Crippen MR) is 53.3 cm³/mol. The zero-order valence-electron chi connectivity index (χ0n) is 8.08. The van der Waals surface area contributed by atoms with Gasteiger partial charge in [-0.2, -0.15) is 0 Å². The third-order valence-corrected chi connectivity index (χ3v) is 2.30. The Labute approximate surface area is 85.6 Å². The smallest absolute Gasteiger partial charge is 0.337 e. The number of hydrogen-bond acceptors (Lipinski definition) is 3. The molecule has 5 nitrogen and oxygen atoms in total. The van der Waals surface area contributed by atoms with E-state index < -0.39 is 12.1 Å². The highest BCUT2D eigenvalue weighted by Gasteiger charge is 2.16. The highest BCUT2D eigenvalue weighted by molar-refractivity contribution is 5.80. The Hall–Kier alpha value is -1.88. The number of carbonyl (C=O) groups is 1. The molecule has 2 aromatic rings. The highest BCUT2D eigenvalue weighted by atomic mass is 16.4. The third-order valence-electron chi connectivity index (χ3n) is 2.30. The number of hydrogen-bond donors (Lipinski definition) is 2. The molecule has 0 saturated carbocycles. The molecule has 15 heavy (non-hydrogen) atoms. The summed E-state index contributed by atoms with van der Waals surface area (Å²) < 4.78 is 1.83. The largest absolute Gasteiger partial charge is 0.479 e. The van der Waals surface area contributed by atoms with Gasteiger partial charge in [-0.25, -0.2) is 9.78 Å². The minimum Gasteiger partial charge on any atom is -0.479 e. The molecule has 0 aliphatic heterocycles. The van der Waals surface area contributed by atoms with Gasteiger partial charge in [-0.05, 0) is 17.7 Å². The fourth-order valence-corrected chi connectivity index (χ4v) is 1.47. The van der Waals surface area contributed by atoms with Crippen LogP contribution in [-0.4, -0.2) is 25.7 Å². The van der Waals surface area contributed by atoms with Crippen LogP contribution in [0.3, 0.4) is 0 Å². The van der Waals surface area contributed by atoms with Crippen molar-refractivity contribution in [2.75, 3.05) is 0 Å². The Bertz CT molecular complexity index is 518. The van der Waals surface area contributed by atoms with E-state index in [1.165, 1.54) is 0 Å². The van der Waals surface area contributed by atoms with E-state index in [1.807, 2.05) is 11.6 Å². The summed E-state index contributed by atoms with van der Waals surface area (Å²) in [6, 6.07) is 4.90. The number of imidazole rings is 1. The number of carboxylic acid groups (broad SMARTS) is 1. The van der Waals surface area contributed by atoms with Gasteiger partial charge in [0.2, 0.25) is 0 Å². The van der Waals surface area contributed by atoms with Gasteiger partial charge < -0.3 is 14.8 Å². The second-order valence-corrected chi connectivity index (χ2v) is 3.34. The van der Waals surface area contributed by atoms with E-state index in [1.54, 1.807) is 24.5 Å². The third kappa shape index (κ3) is 1.57. The molecule has 0 spiro atoms. The van der Waals surface area contributed by atoms with Gasteiger partial charge in [-0.15, -0.1) is 0 Å². The maximum absolute atomic E-state index is 10.6. The van der Waals surface area contributed by atoms with Gasteiger partial charge in [0.05, 0.1) is 17.4 Å². The molecule has 2 N–H and O–H groups in total. The number of aliphatic carboxylic acids is 1. The van der Waals surface area contributed by atoms with Crippen LogP contribution < -0.4 is 0 Å². The first-order valence-corrected chi connectivity index (χ1v) is 4.41. The van der Waals surface area contributed by atoms with Gasteiger partial charge >= 0.3 is 5.97 Å².